The van der Waals surface area contributed by atoms with Crippen molar-refractivity contribution in [2.75, 3.05) is 0 Å². The van der Waals surface area contributed by atoms with Crippen molar-refractivity contribution in [3.8, 4) is 0 Å². The average molecular weight is 135 g/mol. The SMILES string of the molecule is [CH]1C=CCC2CCCCC12. The van der Waals surface area contributed by atoms with Crippen LogP contribution in [0.3, 0.4) is 0 Å². The fourth-order valence-electron chi connectivity index (χ4n) is 2.26. The molecular weight excluding hydrogens is 120 g/mol. The molecule has 0 N–H and O–H groups in total. The first-order valence-electron chi connectivity index (χ1n) is 4.47. The van der Waals surface area contributed by atoms with E-state index in [1.807, 2.05) is 0 Å². The van der Waals surface area contributed by atoms with Crippen molar-refractivity contribution in [1.82, 2.24) is 0 Å². The maximum atomic E-state index is 2.41. The lowest BCUT2D eigenvalue weighted by Gasteiger charge is -2.32. The Hall–Kier alpha value is -0.260. The van der Waals surface area contributed by atoms with Gasteiger partial charge in [0.25, 0.3) is 0 Å². The van der Waals surface area contributed by atoms with Crippen LogP contribution in [-0.4, -0.2) is 0 Å². The molecule has 2 rings (SSSR count). The topological polar surface area (TPSA) is 0 Å². The Kier molecular flexibility index (Phi) is 1.79. The molecule has 1 fully saturated rings. The van der Waals surface area contributed by atoms with E-state index in [9.17, 15) is 0 Å². The van der Waals surface area contributed by atoms with Crippen LogP contribution < -0.4 is 0 Å². The summed E-state index contributed by atoms with van der Waals surface area (Å²) >= 11 is 0. The minimum absolute atomic E-state index is 0.943. The molecule has 0 heterocycles. The molecule has 10 heavy (non-hydrogen) atoms. The van der Waals surface area contributed by atoms with Crippen LogP contribution in [0.25, 0.3) is 0 Å². The molecule has 0 aromatic rings. The van der Waals surface area contributed by atoms with Gasteiger partial charge in [0.05, 0.1) is 0 Å². The van der Waals surface area contributed by atoms with E-state index in [-0.39, 0.29) is 0 Å². The maximum absolute atomic E-state index is 2.41. The van der Waals surface area contributed by atoms with Gasteiger partial charge in [-0.25, -0.2) is 0 Å². The molecule has 0 aliphatic heterocycles. The second kappa shape index (κ2) is 2.77. The Balaban J connectivity index is 2.01. The lowest BCUT2D eigenvalue weighted by atomic mass is 9.73. The molecule has 0 heteroatoms. The molecule has 1 saturated carbocycles. The van der Waals surface area contributed by atoms with Crippen molar-refractivity contribution in [2.24, 2.45) is 11.8 Å². The first kappa shape index (κ1) is 6.45. The van der Waals surface area contributed by atoms with Gasteiger partial charge in [0.2, 0.25) is 0 Å². The van der Waals surface area contributed by atoms with Crippen molar-refractivity contribution in [1.29, 1.82) is 0 Å². The summed E-state index contributed by atoms with van der Waals surface area (Å²) in [6, 6.07) is 0. The van der Waals surface area contributed by atoms with E-state index < -0.39 is 0 Å². The van der Waals surface area contributed by atoms with E-state index in [0.29, 0.717) is 0 Å². The average Bonchev–Trinajstić information content (AvgIpc) is 2.05. The highest BCUT2D eigenvalue weighted by molar-refractivity contribution is 5.07. The molecule has 0 bridgehead atoms. The van der Waals surface area contributed by atoms with Gasteiger partial charge in [-0.1, -0.05) is 25.0 Å². The highest BCUT2D eigenvalue weighted by Crippen LogP contribution is 2.36. The van der Waals surface area contributed by atoms with E-state index in [1.165, 1.54) is 32.1 Å². The molecule has 0 aromatic carbocycles. The zero-order chi connectivity index (χ0) is 6.81. The van der Waals surface area contributed by atoms with Crippen LogP contribution in [0.15, 0.2) is 12.2 Å². The van der Waals surface area contributed by atoms with Gasteiger partial charge in [0.15, 0.2) is 0 Å². The second-order valence-corrected chi connectivity index (χ2v) is 3.56. The molecule has 1 radical (unpaired) electrons. The van der Waals surface area contributed by atoms with Crippen molar-refractivity contribution < 1.29 is 0 Å². The smallest absolute Gasteiger partial charge is 0.0137 e. The highest BCUT2D eigenvalue weighted by atomic mass is 14.3. The normalized spacial score (nSPS) is 39.2. The largest absolute Gasteiger partial charge is 0.0879 e. The van der Waals surface area contributed by atoms with E-state index in [4.69, 9.17) is 0 Å². The third-order valence-electron chi connectivity index (χ3n) is 2.90. The minimum atomic E-state index is 0.943. The monoisotopic (exact) mass is 135 g/mol. The first-order valence-corrected chi connectivity index (χ1v) is 4.47. The van der Waals surface area contributed by atoms with Gasteiger partial charge in [-0.3, -0.25) is 0 Å². The van der Waals surface area contributed by atoms with Crippen LogP contribution in [-0.2, 0) is 0 Å². The van der Waals surface area contributed by atoms with Crippen molar-refractivity contribution in [3.63, 3.8) is 0 Å². The molecule has 0 aromatic heterocycles. The molecule has 2 aliphatic carbocycles. The Bertz CT molecular complexity index is 119. The summed E-state index contributed by atoms with van der Waals surface area (Å²) in [6.45, 7) is 0. The maximum Gasteiger partial charge on any atom is -0.0137 e. The summed E-state index contributed by atoms with van der Waals surface area (Å²) in [5, 5.41) is 0. The number of allylic oxidation sites excluding steroid dienone is 2. The van der Waals surface area contributed by atoms with Gasteiger partial charge in [-0.05, 0) is 37.5 Å². The fourth-order valence-corrected chi connectivity index (χ4v) is 2.26. The van der Waals surface area contributed by atoms with Crippen molar-refractivity contribution in [2.45, 2.75) is 32.1 Å². The number of fused-ring (bicyclic) bond motifs is 1. The molecule has 2 atom stereocenters. The summed E-state index contributed by atoms with van der Waals surface area (Å²) in [7, 11) is 0. The van der Waals surface area contributed by atoms with Crippen LogP contribution in [0.5, 0.6) is 0 Å². The van der Waals surface area contributed by atoms with Crippen LogP contribution in [0.1, 0.15) is 32.1 Å². The Morgan fingerprint density at radius 3 is 2.90 bits per heavy atom. The molecule has 0 spiro atoms. The van der Waals surface area contributed by atoms with E-state index in [1.54, 1.807) is 0 Å². The van der Waals surface area contributed by atoms with E-state index >= 15 is 0 Å². The summed E-state index contributed by atoms with van der Waals surface area (Å²) in [5.74, 6) is 1.96. The fraction of sp³-hybridized carbons (Fsp3) is 0.700. The quantitative estimate of drug-likeness (QED) is 0.479. The Morgan fingerprint density at radius 1 is 1.10 bits per heavy atom. The molecular formula is C10H15. The van der Waals surface area contributed by atoms with Gasteiger partial charge >= 0.3 is 0 Å². The number of hydrogen-bond donors (Lipinski definition) is 0. The lowest BCUT2D eigenvalue weighted by Crippen LogP contribution is -2.20. The van der Waals surface area contributed by atoms with Crippen molar-refractivity contribution >= 4 is 0 Å². The first-order chi connectivity index (χ1) is 4.97. The minimum Gasteiger partial charge on any atom is -0.0879 e. The third-order valence-corrected chi connectivity index (χ3v) is 2.90. The zero-order valence-corrected chi connectivity index (χ0v) is 6.42. The number of rotatable bonds is 0. The van der Waals surface area contributed by atoms with Gasteiger partial charge < -0.3 is 0 Å². The standard InChI is InChI=1S/C10H15/c1-2-6-10-8-4-3-7-9(10)5-1/h1-2,5,9-10H,3-4,6-8H2. The molecule has 2 aliphatic rings. The predicted molar refractivity (Wildman–Crippen MR) is 43.5 cm³/mol. The second-order valence-electron chi connectivity index (χ2n) is 3.56. The van der Waals surface area contributed by atoms with Crippen LogP contribution in [0.4, 0.5) is 0 Å². The third kappa shape index (κ3) is 1.12. The van der Waals surface area contributed by atoms with Gasteiger partial charge in [-0.2, -0.15) is 0 Å². The van der Waals surface area contributed by atoms with Crippen LogP contribution in [0.2, 0.25) is 0 Å². The van der Waals surface area contributed by atoms with Crippen LogP contribution in [0, 0.1) is 18.3 Å². The molecule has 0 saturated heterocycles. The summed E-state index contributed by atoms with van der Waals surface area (Å²) in [6.07, 6.45) is 14.2. The molecule has 55 valence electrons. The summed E-state index contributed by atoms with van der Waals surface area (Å²) in [5.41, 5.74) is 0. The highest BCUT2D eigenvalue weighted by Gasteiger charge is 2.24. The summed E-state index contributed by atoms with van der Waals surface area (Å²) < 4.78 is 0. The molecule has 2 unspecified atom stereocenters. The van der Waals surface area contributed by atoms with Crippen molar-refractivity contribution in [3.05, 3.63) is 18.6 Å². The predicted octanol–water partition coefficient (Wildman–Crippen LogP) is 2.96. The number of hydrogen-bond acceptors (Lipinski definition) is 0. The summed E-state index contributed by atoms with van der Waals surface area (Å²) in [4.78, 5) is 0. The Morgan fingerprint density at radius 2 is 2.00 bits per heavy atom. The molecule has 0 amide bonds. The lowest BCUT2D eigenvalue weighted by molar-refractivity contribution is 0.268. The zero-order valence-electron chi connectivity index (χ0n) is 6.42. The van der Waals surface area contributed by atoms with Gasteiger partial charge in [0.1, 0.15) is 0 Å². The van der Waals surface area contributed by atoms with Crippen LogP contribution >= 0.6 is 0 Å². The molecule has 0 nitrogen and oxygen atoms in total. The Labute approximate surface area is 63.3 Å². The van der Waals surface area contributed by atoms with Gasteiger partial charge in [-0.15, -0.1) is 0 Å². The van der Waals surface area contributed by atoms with Gasteiger partial charge in [0, 0.05) is 0 Å². The van der Waals surface area contributed by atoms with E-state index in [2.05, 4.69) is 18.6 Å². The van der Waals surface area contributed by atoms with E-state index in [0.717, 1.165) is 11.8 Å².